The lowest BCUT2D eigenvalue weighted by Crippen LogP contribution is -2.17. The summed E-state index contributed by atoms with van der Waals surface area (Å²) in [5.41, 5.74) is 6.30. The Balaban J connectivity index is 1.75. The van der Waals surface area contributed by atoms with Gasteiger partial charge in [-0.15, -0.1) is 5.10 Å². The van der Waals surface area contributed by atoms with Crippen molar-refractivity contribution in [2.24, 2.45) is 11.7 Å². The molecule has 0 saturated heterocycles. The van der Waals surface area contributed by atoms with E-state index in [-0.39, 0.29) is 0 Å². The molecule has 0 radical (unpaired) electrons. The minimum atomic E-state index is 0.321. The molecule has 0 aromatic carbocycles. The molecule has 0 aliphatic heterocycles. The lowest BCUT2D eigenvalue weighted by Gasteiger charge is -2.09. The molecule has 5 nitrogen and oxygen atoms in total. The smallest absolute Gasteiger partial charge is 0.159 e. The summed E-state index contributed by atoms with van der Waals surface area (Å²) in [5, 5.41) is 10.9. The fourth-order valence-corrected chi connectivity index (χ4v) is 1.60. The van der Waals surface area contributed by atoms with Crippen LogP contribution in [0.5, 0.6) is 0 Å². The van der Waals surface area contributed by atoms with Gasteiger partial charge in [0.15, 0.2) is 5.82 Å². The van der Waals surface area contributed by atoms with Crippen LogP contribution >= 0.6 is 12.2 Å². The molecular weight excluding hydrogens is 236 g/mol. The largest absolute Gasteiger partial charge is 0.389 e. The fourth-order valence-electron chi connectivity index (χ4n) is 1.44. The third kappa shape index (κ3) is 3.90. The van der Waals surface area contributed by atoms with Gasteiger partial charge in [0, 0.05) is 13.2 Å². The van der Waals surface area contributed by atoms with Crippen LogP contribution in [0.2, 0.25) is 0 Å². The monoisotopic (exact) mass is 252 g/mol. The van der Waals surface area contributed by atoms with E-state index in [2.05, 4.69) is 15.5 Å². The number of nitrogens with one attached hydrogen (secondary N) is 1. The second-order valence-corrected chi connectivity index (χ2v) is 4.54. The van der Waals surface area contributed by atoms with E-state index >= 15 is 0 Å². The van der Waals surface area contributed by atoms with Crippen molar-refractivity contribution in [2.75, 3.05) is 25.1 Å². The zero-order valence-corrected chi connectivity index (χ0v) is 10.4. The standard InChI is InChI=1S/C11H16N4OS/c12-10(17)9-3-4-14-15-11(9)13-5-6-16-7-8-1-2-8/h3-4,8H,1-2,5-7H2,(H2,12,17)(H,13,15). The van der Waals surface area contributed by atoms with Gasteiger partial charge in [-0.1, -0.05) is 12.2 Å². The van der Waals surface area contributed by atoms with E-state index in [9.17, 15) is 0 Å². The van der Waals surface area contributed by atoms with Crippen molar-refractivity contribution in [3.05, 3.63) is 17.8 Å². The van der Waals surface area contributed by atoms with E-state index in [0.29, 0.717) is 24.0 Å². The summed E-state index contributed by atoms with van der Waals surface area (Å²) in [7, 11) is 0. The number of rotatable bonds is 7. The molecule has 0 spiro atoms. The van der Waals surface area contributed by atoms with E-state index < -0.39 is 0 Å². The van der Waals surface area contributed by atoms with Crippen LogP contribution in [0, 0.1) is 5.92 Å². The van der Waals surface area contributed by atoms with E-state index in [1.807, 2.05) is 0 Å². The molecule has 1 saturated carbocycles. The number of ether oxygens (including phenoxy) is 1. The SMILES string of the molecule is NC(=S)c1ccnnc1NCCOCC1CC1. The summed E-state index contributed by atoms with van der Waals surface area (Å²) in [6.45, 7) is 2.20. The van der Waals surface area contributed by atoms with Crippen molar-refractivity contribution in [3.63, 3.8) is 0 Å². The molecule has 6 heteroatoms. The number of thiocarbonyl (C=S) groups is 1. The molecule has 17 heavy (non-hydrogen) atoms. The Morgan fingerprint density at radius 1 is 1.59 bits per heavy atom. The van der Waals surface area contributed by atoms with E-state index in [0.717, 1.165) is 18.1 Å². The minimum Gasteiger partial charge on any atom is -0.389 e. The third-order valence-electron chi connectivity index (χ3n) is 2.58. The van der Waals surface area contributed by atoms with E-state index in [1.165, 1.54) is 12.8 Å². The van der Waals surface area contributed by atoms with Crippen LogP contribution < -0.4 is 11.1 Å². The molecular formula is C11H16N4OS. The Labute approximate surface area is 106 Å². The molecule has 1 aliphatic carbocycles. The first kappa shape index (κ1) is 12.2. The molecule has 1 heterocycles. The summed E-state index contributed by atoms with van der Waals surface area (Å²) >= 11 is 4.93. The van der Waals surface area contributed by atoms with Crippen molar-refractivity contribution < 1.29 is 4.74 Å². The molecule has 2 rings (SSSR count). The van der Waals surface area contributed by atoms with Gasteiger partial charge in [0.05, 0.1) is 18.4 Å². The van der Waals surface area contributed by atoms with E-state index in [4.69, 9.17) is 22.7 Å². The number of nitrogens with two attached hydrogens (primary N) is 1. The van der Waals surface area contributed by atoms with Crippen molar-refractivity contribution in [1.29, 1.82) is 0 Å². The highest BCUT2D eigenvalue weighted by atomic mass is 32.1. The van der Waals surface area contributed by atoms with Gasteiger partial charge in [-0.25, -0.2) is 0 Å². The van der Waals surface area contributed by atoms with Gasteiger partial charge >= 0.3 is 0 Å². The maximum atomic E-state index is 5.59. The van der Waals surface area contributed by atoms with Crippen molar-refractivity contribution in [3.8, 4) is 0 Å². The van der Waals surface area contributed by atoms with Gasteiger partial charge in [0.2, 0.25) is 0 Å². The summed E-state index contributed by atoms with van der Waals surface area (Å²) < 4.78 is 5.50. The van der Waals surface area contributed by atoms with Gasteiger partial charge in [0.25, 0.3) is 0 Å². The Hall–Kier alpha value is -1.27. The molecule has 0 amide bonds. The van der Waals surface area contributed by atoms with Gasteiger partial charge in [0.1, 0.15) is 4.99 Å². The van der Waals surface area contributed by atoms with Crippen LogP contribution in [0.4, 0.5) is 5.82 Å². The van der Waals surface area contributed by atoms with E-state index in [1.54, 1.807) is 12.3 Å². The molecule has 1 aromatic rings. The lowest BCUT2D eigenvalue weighted by molar-refractivity contribution is 0.134. The molecule has 1 fully saturated rings. The average molecular weight is 252 g/mol. The molecule has 92 valence electrons. The van der Waals surface area contributed by atoms with Gasteiger partial charge in [-0.3, -0.25) is 0 Å². The topological polar surface area (TPSA) is 73.1 Å². The first-order valence-electron chi connectivity index (χ1n) is 5.70. The van der Waals surface area contributed by atoms with Gasteiger partial charge in [-0.05, 0) is 24.8 Å². The highest BCUT2D eigenvalue weighted by Crippen LogP contribution is 2.28. The van der Waals surface area contributed by atoms with Crippen LogP contribution in [0.15, 0.2) is 12.3 Å². The predicted octanol–water partition coefficient (Wildman–Crippen LogP) is 0.949. The first-order chi connectivity index (χ1) is 8.27. The summed E-state index contributed by atoms with van der Waals surface area (Å²) in [6.07, 6.45) is 4.19. The highest BCUT2D eigenvalue weighted by Gasteiger charge is 2.20. The second kappa shape index (κ2) is 5.88. The van der Waals surface area contributed by atoms with Crippen LogP contribution in [-0.4, -0.2) is 34.9 Å². The first-order valence-corrected chi connectivity index (χ1v) is 6.11. The predicted molar refractivity (Wildman–Crippen MR) is 70.0 cm³/mol. The second-order valence-electron chi connectivity index (χ2n) is 4.10. The van der Waals surface area contributed by atoms with Gasteiger partial charge < -0.3 is 15.8 Å². The Morgan fingerprint density at radius 3 is 3.12 bits per heavy atom. The maximum Gasteiger partial charge on any atom is 0.159 e. The number of anilines is 1. The van der Waals surface area contributed by atoms with Crippen molar-refractivity contribution in [2.45, 2.75) is 12.8 Å². The molecule has 3 N–H and O–H groups in total. The van der Waals surface area contributed by atoms with Crippen molar-refractivity contribution in [1.82, 2.24) is 10.2 Å². The normalized spacial score (nSPS) is 14.6. The Morgan fingerprint density at radius 2 is 2.41 bits per heavy atom. The number of nitrogens with zero attached hydrogens (tertiary/aromatic N) is 2. The molecule has 0 unspecified atom stereocenters. The molecule has 0 bridgehead atoms. The maximum absolute atomic E-state index is 5.59. The Bertz CT molecular complexity index is 395. The minimum absolute atomic E-state index is 0.321. The van der Waals surface area contributed by atoms with Gasteiger partial charge in [-0.2, -0.15) is 5.10 Å². The van der Waals surface area contributed by atoms with Crippen LogP contribution in [0.25, 0.3) is 0 Å². The van der Waals surface area contributed by atoms with Crippen LogP contribution in [-0.2, 0) is 4.74 Å². The summed E-state index contributed by atoms with van der Waals surface area (Å²) in [6, 6.07) is 1.75. The molecule has 1 aromatic heterocycles. The Kier molecular flexibility index (Phi) is 4.22. The molecule has 0 atom stereocenters. The number of hydrogen-bond donors (Lipinski definition) is 2. The quantitative estimate of drug-likeness (QED) is 0.556. The third-order valence-corrected chi connectivity index (χ3v) is 2.80. The summed E-state index contributed by atoms with van der Waals surface area (Å²) in [5.74, 6) is 1.41. The fraction of sp³-hybridized carbons (Fsp3) is 0.545. The summed E-state index contributed by atoms with van der Waals surface area (Å²) in [4.78, 5) is 0.321. The zero-order chi connectivity index (χ0) is 12.1. The number of hydrogen-bond acceptors (Lipinski definition) is 5. The van der Waals surface area contributed by atoms with Crippen molar-refractivity contribution >= 4 is 23.0 Å². The van der Waals surface area contributed by atoms with Crippen LogP contribution in [0.3, 0.4) is 0 Å². The average Bonchev–Trinajstić information content (AvgIpc) is 3.13. The highest BCUT2D eigenvalue weighted by molar-refractivity contribution is 7.80. The lowest BCUT2D eigenvalue weighted by atomic mass is 10.3. The number of aromatic nitrogens is 2. The molecule has 1 aliphatic rings. The van der Waals surface area contributed by atoms with Crippen LogP contribution in [0.1, 0.15) is 18.4 Å². The zero-order valence-electron chi connectivity index (χ0n) is 9.56.